The van der Waals surface area contributed by atoms with Gasteiger partial charge >= 0.3 is 0 Å². The van der Waals surface area contributed by atoms with Crippen LogP contribution in [0, 0.1) is 6.92 Å². The molecule has 1 fully saturated rings. The maximum atomic E-state index is 13.4. The Bertz CT molecular complexity index is 1340. The van der Waals surface area contributed by atoms with Crippen LogP contribution in [0.3, 0.4) is 0 Å². The normalized spacial score (nSPS) is 15.3. The highest BCUT2D eigenvalue weighted by atomic mass is 16.5. The van der Waals surface area contributed by atoms with Gasteiger partial charge in [0, 0.05) is 32.2 Å². The van der Waals surface area contributed by atoms with Gasteiger partial charge in [-0.3, -0.25) is 19.2 Å². The smallest absolute Gasteiger partial charge is 0.272 e. The van der Waals surface area contributed by atoms with Crippen molar-refractivity contribution < 1.29 is 13.9 Å². The van der Waals surface area contributed by atoms with E-state index < -0.39 is 0 Å². The first-order valence-electron chi connectivity index (χ1n) is 13.7. The lowest BCUT2D eigenvalue weighted by molar-refractivity contribution is 0.0740. The number of nitrogens with zero attached hydrogens (tertiary/aromatic N) is 4. The van der Waals surface area contributed by atoms with Gasteiger partial charge in [-0.05, 0) is 56.7 Å². The molecule has 8 nitrogen and oxygen atoms in total. The van der Waals surface area contributed by atoms with E-state index in [0.29, 0.717) is 44.2 Å². The zero-order valence-electron chi connectivity index (χ0n) is 24.4. The van der Waals surface area contributed by atoms with Crippen molar-refractivity contribution >= 4 is 5.91 Å². The third-order valence-electron chi connectivity index (χ3n) is 7.01. The lowest BCUT2D eigenvalue weighted by atomic mass is 9.87. The summed E-state index contributed by atoms with van der Waals surface area (Å²) in [5.74, 6) is 0.800. The van der Waals surface area contributed by atoms with Gasteiger partial charge in [-0.2, -0.15) is 5.10 Å². The number of aromatic nitrogens is 2. The molecule has 1 aromatic carbocycles. The van der Waals surface area contributed by atoms with Gasteiger partial charge in [-0.1, -0.05) is 45.0 Å². The van der Waals surface area contributed by atoms with Crippen molar-refractivity contribution in [3.8, 4) is 5.75 Å². The summed E-state index contributed by atoms with van der Waals surface area (Å²) >= 11 is 0. The third-order valence-corrected chi connectivity index (χ3v) is 7.01. The quantitative estimate of drug-likeness (QED) is 0.437. The molecule has 1 aliphatic heterocycles. The molecule has 2 aromatic heterocycles. The molecular weight excluding hydrogens is 492 g/mol. The topological polar surface area (TPSA) is 80.8 Å². The van der Waals surface area contributed by atoms with Crippen molar-refractivity contribution in [3.05, 3.63) is 81.2 Å². The van der Waals surface area contributed by atoms with Crippen LogP contribution in [0.5, 0.6) is 5.75 Å². The van der Waals surface area contributed by atoms with Crippen LogP contribution >= 0.6 is 0 Å². The highest BCUT2D eigenvalue weighted by Crippen LogP contribution is 2.23. The Labute approximate surface area is 231 Å². The summed E-state index contributed by atoms with van der Waals surface area (Å²) < 4.78 is 13.4. The van der Waals surface area contributed by atoms with Crippen molar-refractivity contribution in [1.82, 2.24) is 19.6 Å². The second-order valence-corrected chi connectivity index (χ2v) is 12.5. The molecule has 0 saturated carbocycles. The Balaban J connectivity index is 1.33. The minimum absolute atomic E-state index is 0.00783. The Morgan fingerprint density at radius 2 is 1.72 bits per heavy atom. The Morgan fingerprint density at radius 1 is 1.00 bits per heavy atom. The predicted octanol–water partition coefficient (Wildman–Crippen LogP) is 5.12. The summed E-state index contributed by atoms with van der Waals surface area (Å²) in [6.45, 7) is 18.2. The second kappa shape index (κ2) is 11.4. The second-order valence-electron chi connectivity index (χ2n) is 12.5. The number of hydrogen-bond acceptors (Lipinski definition) is 6. The minimum Gasteiger partial charge on any atom is -0.482 e. The summed E-state index contributed by atoms with van der Waals surface area (Å²) in [7, 11) is 0. The molecule has 3 heterocycles. The number of carbonyl (C=O) groups is 1. The number of ether oxygens (including phenoxy) is 1. The Kier molecular flexibility index (Phi) is 8.35. The fourth-order valence-electron chi connectivity index (χ4n) is 4.77. The minimum atomic E-state index is -0.276. The van der Waals surface area contributed by atoms with Crippen LogP contribution in [0.25, 0.3) is 0 Å². The largest absolute Gasteiger partial charge is 0.482 e. The number of amides is 1. The molecule has 0 N–H and O–H groups in total. The van der Waals surface area contributed by atoms with Crippen molar-refractivity contribution in [2.75, 3.05) is 26.2 Å². The summed E-state index contributed by atoms with van der Waals surface area (Å²) in [5, 5.41) is 4.56. The molecule has 0 radical (unpaired) electrons. The van der Waals surface area contributed by atoms with E-state index in [0.717, 1.165) is 24.2 Å². The van der Waals surface area contributed by atoms with Gasteiger partial charge in [0.05, 0.1) is 17.8 Å². The highest BCUT2D eigenvalue weighted by Gasteiger charge is 2.27. The first-order valence-corrected chi connectivity index (χ1v) is 13.7. The first kappa shape index (κ1) is 28.6. The molecule has 210 valence electrons. The van der Waals surface area contributed by atoms with Crippen molar-refractivity contribution in [2.45, 2.75) is 79.0 Å². The molecule has 0 atom stereocenters. The van der Waals surface area contributed by atoms with Gasteiger partial charge < -0.3 is 14.1 Å². The SMILES string of the molecule is Cc1cc(C(=O)N2CCCN(Cc3cc(=O)c(OCc4ccc(C(C)(C)C)cc4)co3)CC2)n(C(C)(C)C)n1. The zero-order valence-corrected chi connectivity index (χ0v) is 24.4. The lowest BCUT2D eigenvalue weighted by Crippen LogP contribution is -2.38. The molecule has 1 aliphatic rings. The van der Waals surface area contributed by atoms with E-state index in [1.54, 1.807) is 0 Å². The summed E-state index contributed by atoms with van der Waals surface area (Å²) in [4.78, 5) is 30.2. The van der Waals surface area contributed by atoms with E-state index in [9.17, 15) is 9.59 Å². The van der Waals surface area contributed by atoms with E-state index >= 15 is 0 Å². The van der Waals surface area contributed by atoms with E-state index in [1.807, 2.05) is 34.7 Å². The van der Waals surface area contributed by atoms with Crippen molar-refractivity contribution in [3.63, 3.8) is 0 Å². The van der Waals surface area contributed by atoms with Crippen LogP contribution in [-0.2, 0) is 24.1 Å². The number of hydrogen-bond donors (Lipinski definition) is 0. The summed E-state index contributed by atoms with van der Waals surface area (Å²) in [6.07, 6.45) is 2.25. The van der Waals surface area contributed by atoms with Crippen LogP contribution < -0.4 is 10.2 Å². The molecule has 39 heavy (non-hydrogen) atoms. The van der Waals surface area contributed by atoms with E-state index in [4.69, 9.17) is 9.15 Å². The van der Waals surface area contributed by atoms with E-state index in [1.165, 1.54) is 17.9 Å². The van der Waals surface area contributed by atoms with Crippen LogP contribution in [0.4, 0.5) is 0 Å². The monoisotopic (exact) mass is 534 g/mol. The molecule has 4 rings (SSSR count). The Morgan fingerprint density at radius 3 is 2.36 bits per heavy atom. The van der Waals surface area contributed by atoms with Crippen LogP contribution in [0.15, 0.2) is 51.9 Å². The lowest BCUT2D eigenvalue weighted by Gasteiger charge is -2.26. The average molecular weight is 535 g/mol. The van der Waals surface area contributed by atoms with Crippen molar-refractivity contribution in [2.24, 2.45) is 0 Å². The fraction of sp³-hybridized carbons (Fsp3) is 0.516. The molecule has 3 aromatic rings. The Hall–Kier alpha value is -3.39. The maximum Gasteiger partial charge on any atom is 0.272 e. The fourth-order valence-corrected chi connectivity index (χ4v) is 4.77. The molecule has 8 heteroatoms. The molecular formula is C31H42N4O4. The predicted molar refractivity (Wildman–Crippen MR) is 152 cm³/mol. The number of benzene rings is 1. The number of aryl methyl sites for hydroxylation is 1. The average Bonchev–Trinajstić information content (AvgIpc) is 3.12. The highest BCUT2D eigenvalue weighted by molar-refractivity contribution is 5.92. The zero-order chi connectivity index (χ0) is 28.4. The standard InChI is InChI=1S/C31H42N4O4/c1-22-17-26(35(32-22)31(5,6)7)29(37)34-14-8-13-33(15-16-34)19-25-18-27(36)28(21-38-25)39-20-23-9-11-24(12-10-23)30(2,3)4/h9-12,17-18,21H,8,13-16,19-20H2,1-7H3. The van der Waals surface area contributed by atoms with Crippen molar-refractivity contribution in [1.29, 1.82) is 0 Å². The van der Waals surface area contributed by atoms with E-state index in [-0.39, 0.29) is 28.0 Å². The molecule has 1 saturated heterocycles. The molecule has 0 spiro atoms. The van der Waals surface area contributed by atoms with Gasteiger partial charge in [0.15, 0.2) is 0 Å². The van der Waals surface area contributed by atoms with Gasteiger partial charge in [0.1, 0.15) is 24.3 Å². The van der Waals surface area contributed by atoms with Crippen LogP contribution in [-0.4, -0.2) is 51.7 Å². The van der Waals surface area contributed by atoms with Gasteiger partial charge in [0.2, 0.25) is 11.2 Å². The molecule has 0 aliphatic carbocycles. The van der Waals surface area contributed by atoms with Gasteiger partial charge in [0.25, 0.3) is 5.91 Å². The van der Waals surface area contributed by atoms with Crippen LogP contribution in [0.1, 0.15) is 81.0 Å². The van der Waals surface area contributed by atoms with E-state index in [2.05, 4.69) is 63.7 Å². The molecule has 1 amide bonds. The maximum absolute atomic E-state index is 13.4. The first-order chi connectivity index (χ1) is 18.3. The number of carbonyl (C=O) groups excluding carboxylic acids is 1. The van der Waals surface area contributed by atoms with Crippen LogP contribution in [0.2, 0.25) is 0 Å². The number of rotatable bonds is 6. The third kappa shape index (κ3) is 7.18. The van der Waals surface area contributed by atoms with Gasteiger partial charge in [-0.25, -0.2) is 0 Å². The summed E-state index contributed by atoms with van der Waals surface area (Å²) in [6, 6.07) is 11.6. The van der Waals surface area contributed by atoms with Gasteiger partial charge in [-0.15, -0.1) is 0 Å². The molecule has 0 unspecified atom stereocenters. The molecule has 0 bridgehead atoms. The summed E-state index contributed by atoms with van der Waals surface area (Å²) in [5.41, 5.74) is 3.33.